The van der Waals surface area contributed by atoms with E-state index < -0.39 is 53.9 Å². The van der Waals surface area contributed by atoms with Gasteiger partial charge < -0.3 is 56.7 Å². The summed E-state index contributed by atoms with van der Waals surface area (Å²) in [4.78, 5) is 18.4. The molecule has 1 aromatic carbocycles. The van der Waals surface area contributed by atoms with Gasteiger partial charge in [-0.15, -0.1) is 0 Å². The molecule has 11 rings (SSSR count). The minimum Gasteiger partial charge on any atom is -0.504 e. The number of nitrogens with two attached hydrogens (primary N) is 1. The van der Waals surface area contributed by atoms with Gasteiger partial charge in [-0.25, -0.2) is 4.99 Å². The summed E-state index contributed by atoms with van der Waals surface area (Å²) in [6, 6.07) is 2.65. The van der Waals surface area contributed by atoms with Crippen LogP contribution in [-0.4, -0.2) is 110 Å². The first-order valence-corrected chi connectivity index (χ1v) is 27.9. The van der Waals surface area contributed by atoms with Crippen molar-refractivity contribution in [2.24, 2.45) is 51.1 Å². The lowest BCUT2D eigenvalue weighted by Crippen LogP contribution is -2.66. The van der Waals surface area contributed by atoms with E-state index in [0.29, 0.717) is 42.6 Å². The average molecular weight is 960 g/mol. The Hall–Kier alpha value is -2.94. The number of piperidine rings is 1. The van der Waals surface area contributed by atoms with Crippen LogP contribution in [0.2, 0.25) is 0 Å². The second-order valence-electron chi connectivity index (χ2n) is 22.2. The number of esters is 1. The van der Waals surface area contributed by atoms with E-state index >= 15 is 0 Å². The lowest BCUT2D eigenvalue weighted by molar-refractivity contribution is -0.152. The van der Waals surface area contributed by atoms with Crippen LogP contribution in [0.3, 0.4) is 0 Å². The molecule has 6 aliphatic carbocycles. The van der Waals surface area contributed by atoms with Gasteiger partial charge in [-0.2, -0.15) is 0 Å². The normalized spacial score (nSPS) is 43.0. The molecule has 3 saturated carbocycles. The molecule has 0 radical (unpaired) electrons. The predicted molar refractivity (Wildman–Crippen MR) is 262 cm³/mol. The summed E-state index contributed by atoms with van der Waals surface area (Å²) in [5, 5.41) is 69.4. The van der Waals surface area contributed by atoms with Crippen LogP contribution in [-0.2, 0) is 16.0 Å². The van der Waals surface area contributed by atoms with E-state index in [0.717, 1.165) is 69.5 Å². The van der Waals surface area contributed by atoms with Crippen molar-refractivity contribution in [1.82, 2.24) is 16.0 Å². The van der Waals surface area contributed by atoms with Gasteiger partial charge in [0.1, 0.15) is 12.2 Å². The minimum absolute atomic E-state index is 0.126. The van der Waals surface area contributed by atoms with Crippen LogP contribution in [0.5, 0.6) is 11.5 Å². The maximum Gasteiger partial charge on any atom is 0.302 e. The smallest absolute Gasteiger partial charge is 0.302 e. The zero-order chi connectivity index (χ0) is 46.6. The quantitative estimate of drug-likeness (QED) is 0.0587. The Morgan fingerprint density at radius 2 is 1.90 bits per heavy atom. The van der Waals surface area contributed by atoms with Crippen LogP contribution in [0, 0.1) is 52.3 Å². The van der Waals surface area contributed by atoms with Gasteiger partial charge in [-0.1, -0.05) is 64.2 Å². The summed E-state index contributed by atoms with van der Waals surface area (Å²) in [5.74, 6) is 9.64. The van der Waals surface area contributed by atoms with Crippen molar-refractivity contribution in [3.05, 3.63) is 47.6 Å². The van der Waals surface area contributed by atoms with E-state index in [9.17, 15) is 30.3 Å². The zero-order valence-corrected chi connectivity index (χ0v) is 40.7. The number of aliphatic hydroxyl groups is 4. The molecule has 15 heteroatoms. The first kappa shape index (κ1) is 47.7. The third kappa shape index (κ3) is 9.65. The molecule has 10 aliphatic rings. The second-order valence-corrected chi connectivity index (χ2v) is 24.8. The van der Waals surface area contributed by atoms with Crippen LogP contribution in [0.15, 0.2) is 41.4 Å². The molecule has 0 aromatic heterocycles. The number of carbonyl (C=O) groups excluding carboxylic acids is 1. The fourth-order valence-corrected chi connectivity index (χ4v) is 17.4. The number of aromatic hydroxyl groups is 1. The molecular weight excluding hydrogens is 887 g/mol. The molecule has 4 aliphatic heterocycles. The Bertz CT molecular complexity index is 2170. The van der Waals surface area contributed by atoms with E-state index in [4.69, 9.17) is 20.2 Å². The number of rotatable bonds is 2. The highest BCUT2D eigenvalue weighted by Crippen LogP contribution is 2.60. The van der Waals surface area contributed by atoms with Gasteiger partial charge in [0.05, 0.1) is 29.2 Å². The van der Waals surface area contributed by atoms with Crippen LogP contribution in [0.1, 0.15) is 127 Å². The van der Waals surface area contributed by atoms with E-state index in [1.165, 1.54) is 38.7 Å². The number of ether oxygens (including phenoxy) is 2. The summed E-state index contributed by atoms with van der Waals surface area (Å²) in [6.07, 6.45) is 17.5. The summed E-state index contributed by atoms with van der Waals surface area (Å²) >= 11 is 0. The number of guanidine groups is 1. The number of hydrogen-bond acceptors (Lipinski definition) is 15. The van der Waals surface area contributed by atoms with E-state index in [1.807, 2.05) is 33.7 Å². The molecule has 366 valence electrons. The third-order valence-corrected chi connectivity index (χ3v) is 20.4. The molecule has 10 N–H and O–H groups in total. The Kier molecular flexibility index (Phi) is 13.8. The largest absolute Gasteiger partial charge is 0.504 e. The number of carbonyl (C=O) groups is 1. The number of aliphatic imine (C=N–C) groups is 1. The van der Waals surface area contributed by atoms with Gasteiger partial charge in [0.2, 0.25) is 0 Å². The summed E-state index contributed by atoms with van der Waals surface area (Å²) in [7, 11) is 3.86. The molecule has 13 nitrogen and oxygen atoms in total. The highest BCUT2D eigenvalue weighted by atomic mass is 33.1. The highest BCUT2D eigenvalue weighted by molar-refractivity contribution is 8.76. The van der Waals surface area contributed by atoms with Crippen molar-refractivity contribution >= 4 is 33.5 Å². The Labute approximate surface area is 404 Å². The van der Waals surface area contributed by atoms with E-state index in [1.54, 1.807) is 6.07 Å². The fourth-order valence-electron chi connectivity index (χ4n) is 14.9. The van der Waals surface area contributed by atoms with Gasteiger partial charge in [0.25, 0.3) is 0 Å². The molecule has 1 aromatic rings. The number of hydrogen-bond donors (Lipinski definition) is 9. The first-order valence-electron chi connectivity index (χ1n) is 25.4. The molecule has 67 heavy (non-hydrogen) atoms. The van der Waals surface area contributed by atoms with Crippen molar-refractivity contribution in [2.75, 3.05) is 24.6 Å². The predicted octanol–water partition coefficient (Wildman–Crippen LogP) is 5.53. The van der Waals surface area contributed by atoms with E-state index in [2.05, 4.69) is 39.9 Å². The van der Waals surface area contributed by atoms with E-state index in [-0.39, 0.29) is 70.9 Å². The number of fused-ring (bicyclic) bond motifs is 11. The monoisotopic (exact) mass is 959 g/mol. The maximum absolute atomic E-state index is 13.0. The Morgan fingerprint density at radius 1 is 1.01 bits per heavy atom. The third-order valence-electron chi connectivity index (χ3n) is 17.8. The van der Waals surface area contributed by atoms with Crippen LogP contribution in [0.4, 0.5) is 0 Å². The number of benzene rings is 1. The number of nitrogens with zero attached hydrogens (tertiary/aromatic N) is 1. The minimum atomic E-state index is -1.90. The van der Waals surface area contributed by atoms with Crippen LogP contribution < -0.4 is 26.4 Å². The molecule has 0 amide bonds. The van der Waals surface area contributed by atoms with Gasteiger partial charge in [0, 0.05) is 66.8 Å². The lowest BCUT2D eigenvalue weighted by Gasteiger charge is -2.53. The number of nitrogens with one attached hydrogen (secondary N) is 3. The van der Waals surface area contributed by atoms with Gasteiger partial charge in [-0.3, -0.25) is 4.79 Å². The van der Waals surface area contributed by atoms with Crippen molar-refractivity contribution in [3.8, 4) is 23.3 Å². The summed E-state index contributed by atoms with van der Waals surface area (Å²) in [5.41, 5.74) is 6.39. The van der Waals surface area contributed by atoms with Gasteiger partial charge >= 0.3 is 5.97 Å². The number of phenolic OH excluding ortho intramolecular Hbond substituents is 1. The molecule has 10 bridgehead atoms. The summed E-state index contributed by atoms with van der Waals surface area (Å²) in [6.45, 7) is 2.97. The molecule has 1 saturated heterocycles. The number of allylic oxidation sites excluding steroid dienone is 2. The van der Waals surface area contributed by atoms with Crippen molar-refractivity contribution in [3.63, 3.8) is 0 Å². The van der Waals surface area contributed by atoms with Crippen LogP contribution >= 0.6 is 21.6 Å². The zero-order valence-electron chi connectivity index (χ0n) is 39.0. The van der Waals surface area contributed by atoms with Gasteiger partial charge in [-0.05, 0) is 137 Å². The molecule has 4 heterocycles. The average Bonchev–Trinajstić information content (AvgIpc) is 3.67. The highest BCUT2D eigenvalue weighted by Gasteiger charge is 2.55. The van der Waals surface area contributed by atoms with Crippen molar-refractivity contribution < 1.29 is 39.8 Å². The Morgan fingerprint density at radius 3 is 2.75 bits per heavy atom. The number of aliphatic hydroxyl groups excluding tert-OH is 3. The van der Waals surface area contributed by atoms with Crippen molar-refractivity contribution in [2.45, 2.75) is 170 Å². The SMILES string of the molecule is CC(=O)OC1CC(O)CCC23C#CC4CC5CCC(NCCSSCC6(CC7C=CC8CCCC8(C7)C6)NC(N)=NC2C=CCC3O)C2(C5)CC(CCN2)Oc2cc(c(C(O)O)cc2O)CC41. The molecular formula is C52H73N5O8S2. The maximum atomic E-state index is 13.0. The topological polar surface area (TPSA) is 211 Å². The number of phenols is 1. The van der Waals surface area contributed by atoms with Crippen LogP contribution in [0.25, 0.3) is 0 Å². The first-order chi connectivity index (χ1) is 32.2. The lowest BCUT2D eigenvalue weighted by atomic mass is 9.56. The molecule has 15 atom stereocenters. The molecule has 15 unspecified atom stereocenters. The Balaban J connectivity index is 1.12. The second kappa shape index (κ2) is 19.3. The van der Waals surface area contributed by atoms with Gasteiger partial charge in [0.15, 0.2) is 23.7 Å². The fraction of sp³-hybridized carbons (Fsp3) is 0.731. The molecule has 4 fully saturated rings. The van der Waals surface area contributed by atoms with Crippen molar-refractivity contribution in [1.29, 1.82) is 0 Å². The standard InChI is InChI=1S/C52H73N5O8S2/c1-31(58)64-42-23-37(59)12-16-51-15-11-34-20-32-8-10-45(52(27-32)28-38(13-17-55-52)65-43-22-35(21-39(34)42)40(47(62)63)24-41(43)60)54-18-19-66-67-30-50(57-48(53)56-44(51)5-2-6-46(51)61)26-33-7-9-36-4-3-14-49(36,25-33)29-50/h2,5,7,9,22,24,32-34,36-39,42,44-47,54-55,59-63H,3-4,6,8,10,12-14,16-21,23,25-30H2,1H3,(H3,53,56,57). The summed E-state index contributed by atoms with van der Waals surface area (Å²) < 4.78 is 13.0. The molecule has 4 spiro atoms.